The molecule has 4 rings (SSSR count). The number of nitrogens with zero attached hydrogens (tertiary/aromatic N) is 4. The second-order valence-corrected chi connectivity index (χ2v) is 6.98. The van der Waals surface area contributed by atoms with Crippen LogP contribution in [0.1, 0.15) is 41.0 Å². The third-order valence-corrected chi connectivity index (χ3v) is 4.86. The molecule has 0 bridgehead atoms. The van der Waals surface area contributed by atoms with Crippen molar-refractivity contribution < 1.29 is 9.32 Å². The van der Waals surface area contributed by atoms with Crippen molar-refractivity contribution in [1.82, 2.24) is 20.4 Å². The summed E-state index contributed by atoms with van der Waals surface area (Å²) >= 11 is 0. The standard InChI is InChI=1S/C21H23N5O2/c1-15-24-21(28-25-15)18-7-5-17(6-8-18)20(27)23-14-16-9-10-22-19(13-16)26-11-3-2-4-12-26/h5-10,13H,2-4,11-12,14H2,1H3,(H,23,27). The van der Waals surface area contributed by atoms with Gasteiger partial charge in [0.25, 0.3) is 11.8 Å². The van der Waals surface area contributed by atoms with Gasteiger partial charge >= 0.3 is 0 Å². The van der Waals surface area contributed by atoms with Crippen LogP contribution in [0.5, 0.6) is 0 Å². The number of amides is 1. The average Bonchev–Trinajstić information content (AvgIpc) is 3.19. The summed E-state index contributed by atoms with van der Waals surface area (Å²) in [6.45, 7) is 4.33. The van der Waals surface area contributed by atoms with E-state index >= 15 is 0 Å². The van der Waals surface area contributed by atoms with Crippen LogP contribution in [-0.4, -0.2) is 34.1 Å². The van der Waals surface area contributed by atoms with Crippen molar-refractivity contribution in [2.45, 2.75) is 32.7 Å². The van der Waals surface area contributed by atoms with Crippen molar-refractivity contribution in [1.29, 1.82) is 0 Å². The van der Waals surface area contributed by atoms with Crippen LogP contribution < -0.4 is 10.2 Å². The average molecular weight is 377 g/mol. The topological polar surface area (TPSA) is 84.2 Å². The summed E-state index contributed by atoms with van der Waals surface area (Å²) in [5, 5.41) is 6.75. The first kappa shape index (κ1) is 18.2. The molecule has 1 N–H and O–H groups in total. The number of aryl methyl sites for hydroxylation is 1. The second-order valence-electron chi connectivity index (χ2n) is 6.98. The first-order valence-corrected chi connectivity index (χ1v) is 9.58. The highest BCUT2D eigenvalue weighted by atomic mass is 16.5. The summed E-state index contributed by atoms with van der Waals surface area (Å²) in [4.78, 5) is 23.5. The predicted octanol–water partition coefficient (Wildman–Crippen LogP) is 3.36. The largest absolute Gasteiger partial charge is 0.357 e. The molecule has 1 fully saturated rings. The number of benzene rings is 1. The van der Waals surface area contributed by atoms with Gasteiger partial charge in [0.05, 0.1) is 0 Å². The molecule has 7 heteroatoms. The van der Waals surface area contributed by atoms with Gasteiger partial charge in [-0.2, -0.15) is 4.98 Å². The summed E-state index contributed by atoms with van der Waals surface area (Å²) in [5.74, 6) is 1.90. The molecule has 3 aromatic rings. The van der Waals surface area contributed by atoms with E-state index in [0.717, 1.165) is 30.0 Å². The SMILES string of the molecule is Cc1noc(-c2ccc(C(=O)NCc3ccnc(N4CCCCC4)c3)cc2)n1. The van der Waals surface area contributed by atoms with E-state index in [0.29, 0.717) is 23.8 Å². The van der Waals surface area contributed by atoms with E-state index in [4.69, 9.17) is 4.52 Å². The third-order valence-electron chi connectivity index (χ3n) is 4.86. The Morgan fingerprint density at radius 1 is 1.14 bits per heavy atom. The number of rotatable bonds is 5. The highest BCUT2D eigenvalue weighted by Gasteiger charge is 2.13. The van der Waals surface area contributed by atoms with Gasteiger partial charge in [-0.15, -0.1) is 0 Å². The van der Waals surface area contributed by atoms with Crippen LogP contribution in [0.15, 0.2) is 47.1 Å². The van der Waals surface area contributed by atoms with Crippen molar-refractivity contribution >= 4 is 11.7 Å². The normalized spacial score (nSPS) is 14.1. The lowest BCUT2D eigenvalue weighted by Crippen LogP contribution is -2.30. The number of piperidine rings is 1. The molecule has 0 aliphatic carbocycles. The molecule has 0 saturated carbocycles. The van der Waals surface area contributed by atoms with E-state index in [1.54, 1.807) is 19.1 Å². The molecule has 2 aromatic heterocycles. The van der Waals surface area contributed by atoms with Gasteiger partial charge < -0.3 is 14.7 Å². The highest BCUT2D eigenvalue weighted by molar-refractivity contribution is 5.94. The Morgan fingerprint density at radius 3 is 2.64 bits per heavy atom. The fourth-order valence-electron chi connectivity index (χ4n) is 3.33. The molecule has 3 heterocycles. The lowest BCUT2D eigenvalue weighted by Gasteiger charge is -2.27. The van der Waals surface area contributed by atoms with Gasteiger partial charge in [0.2, 0.25) is 0 Å². The van der Waals surface area contributed by atoms with Crippen molar-refractivity contribution in [3.05, 3.63) is 59.5 Å². The third kappa shape index (κ3) is 4.19. The maximum Gasteiger partial charge on any atom is 0.257 e. The summed E-state index contributed by atoms with van der Waals surface area (Å²) < 4.78 is 5.15. The van der Waals surface area contributed by atoms with Crippen molar-refractivity contribution in [2.24, 2.45) is 0 Å². The Morgan fingerprint density at radius 2 is 1.93 bits per heavy atom. The summed E-state index contributed by atoms with van der Waals surface area (Å²) in [5.41, 5.74) is 2.42. The van der Waals surface area contributed by atoms with Gasteiger partial charge in [-0.3, -0.25) is 4.79 Å². The number of hydrogen-bond donors (Lipinski definition) is 1. The van der Waals surface area contributed by atoms with E-state index < -0.39 is 0 Å². The Bertz CT molecular complexity index is 945. The zero-order valence-corrected chi connectivity index (χ0v) is 15.9. The monoisotopic (exact) mass is 377 g/mol. The summed E-state index contributed by atoms with van der Waals surface area (Å²) in [6, 6.07) is 11.1. The van der Waals surface area contributed by atoms with Crippen LogP contribution in [0.2, 0.25) is 0 Å². The fraction of sp³-hybridized carbons (Fsp3) is 0.333. The number of pyridine rings is 1. The van der Waals surface area contributed by atoms with Crippen LogP contribution in [0.25, 0.3) is 11.5 Å². The van der Waals surface area contributed by atoms with Gasteiger partial charge in [-0.05, 0) is 68.1 Å². The maximum atomic E-state index is 12.5. The number of aromatic nitrogens is 3. The molecular weight excluding hydrogens is 354 g/mol. The fourth-order valence-corrected chi connectivity index (χ4v) is 3.33. The highest BCUT2D eigenvalue weighted by Crippen LogP contribution is 2.19. The molecule has 7 nitrogen and oxygen atoms in total. The van der Waals surface area contributed by atoms with E-state index in [9.17, 15) is 4.79 Å². The molecule has 0 atom stereocenters. The van der Waals surface area contributed by atoms with Crippen molar-refractivity contribution in [3.8, 4) is 11.5 Å². The van der Waals surface area contributed by atoms with Crippen LogP contribution >= 0.6 is 0 Å². The molecular formula is C21H23N5O2. The van der Waals surface area contributed by atoms with Gasteiger partial charge in [0, 0.05) is 37.0 Å². The maximum absolute atomic E-state index is 12.5. The Hall–Kier alpha value is -3.22. The minimum Gasteiger partial charge on any atom is -0.357 e. The lowest BCUT2D eigenvalue weighted by atomic mass is 10.1. The molecule has 1 aromatic carbocycles. The number of carbonyl (C=O) groups excluding carboxylic acids is 1. The van der Waals surface area contributed by atoms with Gasteiger partial charge in [-0.25, -0.2) is 4.98 Å². The number of anilines is 1. The molecule has 1 amide bonds. The zero-order chi connectivity index (χ0) is 19.3. The molecule has 1 aliphatic rings. The molecule has 0 unspecified atom stereocenters. The van der Waals surface area contributed by atoms with Gasteiger partial charge in [0.15, 0.2) is 5.82 Å². The Kier molecular flexibility index (Phi) is 5.32. The Labute approximate surface area is 163 Å². The van der Waals surface area contributed by atoms with E-state index in [-0.39, 0.29) is 5.91 Å². The summed E-state index contributed by atoms with van der Waals surface area (Å²) in [6.07, 6.45) is 5.52. The molecule has 0 radical (unpaired) electrons. The van der Waals surface area contributed by atoms with Gasteiger partial charge in [-0.1, -0.05) is 5.16 Å². The number of nitrogens with one attached hydrogen (secondary N) is 1. The predicted molar refractivity (Wildman–Crippen MR) is 106 cm³/mol. The van der Waals surface area contributed by atoms with Crippen LogP contribution in [-0.2, 0) is 6.54 Å². The smallest absolute Gasteiger partial charge is 0.257 e. The van der Waals surface area contributed by atoms with Crippen LogP contribution in [0.3, 0.4) is 0 Å². The molecule has 1 saturated heterocycles. The minimum absolute atomic E-state index is 0.121. The van der Waals surface area contributed by atoms with Crippen molar-refractivity contribution in [2.75, 3.05) is 18.0 Å². The molecule has 28 heavy (non-hydrogen) atoms. The Balaban J connectivity index is 1.37. The molecule has 144 valence electrons. The van der Waals surface area contributed by atoms with E-state index in [1.807, 2.05) is 24.4 Å². The van der Waals surface area contributed by atoms with Crippen LogP contribution in [0.4, 0.5) is 5.82 Å². The second kappa shape index (κ2) is 8.21. The van der Waals surface area contributed by atoms with Crippen molar-refractivity contribution in [3.63, 3.8) is 0 Å². The quantitative estimate of drug-likeness (QED) is 0.734. The minimum atomic E-state index is -0.121. The lowest BCUT2D eigenvalue weighted by molar-refractivity contribution is 0.0951. The van der Waals surface area contributed by atoms with E-state index in [1.165, 1.54) is 19.3 Å². The molecule has 0 spiro atoms. The van der Waals surface area contributed by atoms with E-state index in [2.05, 4.69) is 31.4 Å². The summed E-state index contributed by atoms with van der Waals surface area (Å²) in [7, 11) is 0. The number of hydrogen-bond acceptors (Lipinski definition) is 6. The van der Waals surface area contributed by atoms with Gasteiger partial charge in [0.1, 0.15) is 5.82 Å². The number of carbonyl (C=O) groups is 1. The zero-order valence-electron chi connectivity index (χ0n) is 15.9. The molecule has 1 aliphatic heterocycles. The first-order chi connectivity index (χ1) is 13.7. The van der Waals surface area contributed by atoms with Crippen LogP contribution in [0, 0.1) is 6.92 Å². The first-order valence-electron chi connectivity index (χ1n) is 9.58.